The molecule has 0 aromatic heterocycles. The van der Waals surface area contributed by atoms with E-state index in [-0.39, 0.29) is 5.75 Å². The average molecular weight is 244 g/mol. The van der Waals surface area contributed by atoms with Crippen molar-refractivity contribution in [2.24, 2.45) is 0 Å². The van der Waals surface area contributed by atoms with Crippen LogP contribution in [0.2, 0.25) is 0 Å². The number of hydrogen-bond donors (Lipinski definition) is 3. The number of phenolic OH excluding ortho intramolecular Hbond substituents is 1. The molecule has 94 valence electrons. The first-order valence-corrected chi connectivity index (χ1v) is 5.82. The standard InChI is InChI=1S/C14H16N2O2/c1-2-18-14-9-5-12(6-10-14)16-15-11-3-7-13(17)8-4-11/h3-10,15-17H,2H2,1H3. The minimum atomic E-state index is 0.251. The molecule has 2 aromatic carbocycles. The van der Waals surface area contributed by atoms with Crippen LogP contribution in [0.3, 0.4) is 0 Å². The van der Waals surface area contributed by atoms with Crippen molar-refractivity contribution < 1.29 is 9.84 Å². The van der Waals surface area contributed by atoms with Crippen LogP contribution in [0.5, 0.6) is 11.5 Å². The van der Waals surface area contributed by atoms with E-state index in [4.69, 9.17) is 9.84 Å². The topological polar surface area (TPSA) is 53.5 Å². The number of hydrazine groups is 1. The van der Waals surface area contributed by atoms with Gasteiger partial charge in [-0.25, -0.2) is 0 Å². The van der Waals surface area contributed by atoms with E-state index in [1.54, 1.807) is 24.3 Å². The van der Waals surface area contributed by atoms with Crippen molar-refractivity contribution in [1.29, 1.82) is 0 Å². The zero-order valence-corrected chi connectivity index (χ0v) is 10.2. The number of anilines is 2. The second-order valence-corrected chi connectivity index (χ2v) is 3.75. The third-order valence-corrected chi connectivity index (χ3v) is 2.38. The van der Waals surface area contributed by atoms with Gasteiger partial charge in [0.15, 0.2) is 0 Å². The molecule has 4 nitrogen and oxygen atoms in total. The molecule has 18 heavy (non-hydrogen) atoms. The van der Waals surface area contributed by atoms with Crippen LogP contribution in [0.25, 0.3) is 0 Å². The highest BCUT2D eigenvalue weighted by molar-refractivity contribution is 5.54. The molecule has 0 fully saturated rings. The summed E-state index contributed by atoms with van der Waals surface area (Å²) in [5.41, 5.74) is 7.91. The van der Waals surface area contributed by atoms with Gasteiger partial charge in [0, 0.05) is 0 Å². The van der Waals surface area contributed by atoms with E-state index in [0.717, 1.165) is 17.1 Å². The molecule has 2 rings (SSSR count). The largest absolute Gasteiger partial charge is 0.508 e. The van der Waals surface area contributed by atoms with E-state index < -0.39 is 0 Å². The van der Waals surface area contributed by atoms with Crippen LogP contribution in [-0.2, 0) is 0 Å². The van der Waals surface area contributed by atoms with Gasteiger partial charge in [-0.1, -0.05) is 0 Å². The van der Waals surface area contributed by atoms with Crippen LogP contribution >= 0.6 is 0 Å². The summed E-state index contributed by atoms with van der Waals surface area (Å²) in [7, 11) is 0. The number of ether oxygens (including phenoxy) is 1. The fourth-order valence-electron chi connectivity index (χ4n) is 1.49. The van der Waals surface area contributed by atoms with Gasteiger partial charge in [0.1, 0.15) is 11.5 Å². The Morgan fingerprint density at radius 3 is 1.89 bits per heavy atom. The van der Waals surface area contributed by atoms with Crippen LogP contribution in [0.4, 0.5) is 11.4 Å². The molecule has 0 atom stereocenters. The second-order valence-electron chi connectivity index (χ2n) is 3.75. The van der Waals surface area contributed by atoms with Crippen molar-refractivity contribution in [1.82, 2.24) is 0 Å². The van der Waals surface area contributed by atoms with E-state index in [2.05, 4.69) is 10.9 Å². The molecule has 3 N–H and O–H groups in total. The molecule has 0 amide bonds. The minimum Gasteiger partial charge on any atom is -0.508 e. The van der Waals surface area contributed by atoms with E-state index in [0.29, 0.717) is 6.61 Å². The number of benzene rings is 2. The zero-order chi connectivity index (χ0) is 12.8. The monoisotopic (exact) mass is 244 g/mol. The van der Waals surface area contributed by atoms with Gasteiger partial charge in [0.05, 0.1) is 18.0 Å². The third-order valence-electron chi connectivity index (χ3n) is 2.38. The van der Waals surface area contributed by atoms with Crippen LogP contribution < -0.4 is 15.6 Å². The molecular formula is C14H16N2O2. The van der Waals surface area contributed by atoms with E-state index >= 15 is 0 Å². The lowest BCUT2D eigenvalue weighted by Crippen LogP contribution is -2.08. The summed E-state index contributed by atoms with van der Waals surface area (Å²) in [5, 5.41) is 9.16. The first-order chi connectivity index (χ1) is 8.78. The van der Waals surface area contributed by atoms with Crippen molar-refractivity contribution in [2.75, 3.05) is 17.5 Å². The van der Waals surface area contributed by atoms with Gasteiger partial charge in [-0.3, -0.25) is 0 Å². The zero-order valence-electron chi connectivity index (χ0n) is 10.2. The molecule has 0 bridgehead atoms. The van der Waals surface area contributed by atoms with Gasteiger partial charge in [-0.05, 0) is 55.5 Å². The fourth-order valence-corrected chi connectivity index (χ4v) is 1.49. The van der Waals surface area contributed by atoms with Crippen molar-refractivity contribution in [3.05, 3.63) is 48.5 Å². The maximum Gasteiger partial charge on any atom is 0.119 e. The van der Waals surface area contributed by atoms with Gasteiger partial charge < -0.3 is 20.7 Å². The lowest BCUT2D eigenvalue weighted by atomic mass is 10.3. The van der Waals surface area contributed by atoms with Gasteiger partial charge in [0.25, 0.3) is 0 Å². The second kappa shape index (κ2) is 5.82. The van der Waals surface area contributed by atoms with Crippen LogP contribution in [0.1, 0.15) is 6.92 Å². The lowest BCUT2D eigenvalue weighted by molar-refractivity contribution is 0.340. The molecule has 0 radical (unpaired) electrons. The highest BCUT2D eigenvalue weighted by Crippen LogP contribution is 2.17. The summed E-state index contributed by atoms with van der Waals surface area (Å²) < 4.78 is 5.36. The molecule has 0 aliphatic heterocycles. The maximum absolute atomic E-state index is 9.16. The molecule has 2 aromatic rings. The third kappa shape index (κ3) is 3.31. The van der Waals surface area contributed by atoms with E-state index in [1.807, 2.05) is 31.2 Å². The summed E-state index contributed by atoms with van der Waals surface area (Å²) in [6.45, 7) is 2.62. The Hall–Kier alpha value is -2.36. The summed E-state index contributed by atoms with van der Waals surface area (Å²) in [6.07, 6.45) is 0. The van der Waals surface area contributed by atoms with Gasteiger partial charge in [-0.15, -0.1) is 0 Å². The van der Waals surface area contributed by atoms with Gasteiger partial charge in [0.2, 0.25) is 0 Å². The Balaban J connectivity index is 1.91. The molecule has 0 unspecified atom stereocenters. The highest BCUT2D eigenvalue weighted by Gasteiger charge is 1.95. The number of hydrogen-bond acceptors (Lipinski definition) is 4. The Kier molecular flexibility index (Phi) is 3.91. The van der Waals surface area contributed by atoms with Gasteiger partial charge in [-0.2, -0.15) is 0 Å². The Labute approximate surface area is 106 Å². The van der Waals surface area contributed by atoms with Crippen molar-refractivity contribution in [3.8, 4) is 11.5 Å². The molecular weight excluding hydrogens is 228 g/mol. The van der Waals surface area contributed by atoms with Crippen molar-refractivity contribution >= 4 is 11.4 Å². The predicted molar refractivity (Wildman–Crippen MR) is 73.0 cm³/mol. The lowest BCUT2D eigenvalue weighted by Gasteiger charge is -2.10. The van der Waals surface area contributed by atoms with E-state index in [9.17, 15) is 0 Å². The summed E-state index contributed by atoms with van der Waals surface area (Å²) >= 11 is 0. The number of aromatic hydroxyl groups is 1. The molecule has 4 heteroatoms. The molecule has 0 spiro atoms. The summed E-state index contributed by atoms with van der Waals surface area (Å²) in [6, 6.07) is 14.5. The predicted octanol–water partition coefficient (Wildman–Crippen LogP) is 3.23. The van der Waals surface area contributed by atoms with Crippen LogP contribution in [0, 0.1) is 0 Å². The Morgan fingerprint density at radius 1 is 0.889 bits per heavy atom. The quantitative estimate of drug-likeness (QED) is 0.558. The normalized spacial score (nSPS) is 9.83. The Morgan fingerprint density at radius 2 is 1.39 bits per heavy atom. The van der Waals surface area contributed by atoms with Crippen LogP contribution in [-0.4, -0.2) is 11.7 Å². The van der Waals surface area contributed by atoms with Gasteiger partial charge >= 0.3 is 0 Å². The van der Waals surface area contributed by atoms with E-state index in [1.165, 1.54) is 0 Å². The molecule has 0 aliphatic carbocycles. The molecule has 0 heterocycles. The first kappa shape index (κ1) is 12.1. The highest BCUT2D eigenvalue weighted by atomic mass is 16.5. The smallest absolute Gasteiger partial charge is 0.119 e. The number of phenols is 1. The average Bonchev–Trinajstić information content (AvgIpc) is 2.40. The number of rotatable bonds is 5. The minimum absolute atomic E-state index is 0.251. The molecule has 0 aliphatic rings. The SMILES string of the molecule is CCOc1ccc(NNc2ccc(O)cc2)cc1. The van der Waals surface area contributed by atoms with Crippen molar-refractivity contribution in [2.45, 2.75) is 6.92 Å². The van der Waals surface area contributed by atoms with Crippen LogP contribution in [0.15, 0.2) is 48.5 Å². The summed E-state index contributed by atoms with van der Waals surface area (Å²) in [4.78, 5) is 0. The van der Waals surface area contributed by atoms with Crippen molar-refractivity contribution in [3.63, 3.8) is 0 Å². The molecule has 0 saturated carbocycles. The maximum atomic E-state index is 9.16. The summed E-state index contributed by atoms with van der Waals surface area (Å²) in [5.74, 6) is 1.11. The fraction of sp³-hybridized carbons (Fsp3) is 0.143. The first-order valence-electron chi connectivity index (χ1n) is 5.82. The molecule has 0 saturated heterocycles. The number of nitrogens with one attached hydrogen (secondary N) is 2. The Bertz CT molecular complexity index is 480.